The molecule has 1 heterocycles. The summed E-state index contributed by atoms with van der Waals surface area (Å²) in [4.78, 5) is 27.2. The maximum absolute atomic E-state index is 12.9. The Bertz CT molecular complexity index is 906. The van der Waals surface area contributed by atoms with Gasteiger partial charge in [-0.05, 0) is 31.0 Å². The van der Waals surface area contributed by atoms with Gasteiger partial charge in [-0.1, -0.05) is 42.5 Å². The minimum absolute atomic E-state index is 0.0888. The first-order chi connectivity index (χ1) is 14.1. The number of nitrogens with zero attached hydrogens (tertiary/aromatic N) is 1. The highest BCUT2D eigenvalue weighted by Crippen LogP contribution is 2.39. The zero-order chi connectivity index (χ0) is 20.8. The van der Waals surface area contributed by atoms with Crippen molar-refractivity contribution in [1.29, 1.82) is 0 Å². The van der Waals surface area contributed by atoms with Gasteiger partial charge in [0.2, 0.25) is 0 Å². The summed E-state index contributed by atoms with van der Waals surface area (Å²) in [6, 6.07) is 15.4. The van der Waals surface area contributed by atoms with Gasteiger partial charge in [0.25, 0.3) is 11.7 Å². The molecule has 1 unspecified atom stereocenters. The van der Waals surface area contributed by atoms with Crippen molar-refractivity contribution in [2.45, 2.75) is 19.4 Å². The van der Waals surface area contributed by atoms with Gasteiger partial charge >= 0.3 is 0 Å². The molecule has 1 aliphatic rings. The molecule has 29 heavy (non-hydrogen) atoms. The maximum atomic E-state index is 12.9. The Morgan fingerprint density at radius 1 is 1.10 bits per heavy atom. The van der Waals surface area contributed by atoms with Crippen LogP contribution in [0.5, 0.6) is 5.75 Å². The first-order valence-corrected chi connectivity index (χ1v) is 9.64. The maximum Gasteiger partial charge on any atom is 0.295 e. The molecule has 0 bridgehead atoms. The second kappa shape index (κ2) is 9.39. The number of Topliss-reactive ketones (excluding diaryl/α,β-unsaturated/α-hetero) is 1. The highest BCUT2D eigenvalue weighted by Gasteiger charge is 2.45. The fourth-order valence-electron chi connectivity index (χ4n) is 3.50. The molecular weight excluding hydrogens is 370 g/mol. The van der Waals surface area contributed by atoms with E-state index in [1.54, 1.807) is 24.3 Å². The van der Waals surface area contributed by atoms with Gasteiger partial charge in [-0.2, -0.15) is 0 Å². The van der Waals surface area contributed by atoms with Crippen LogP contribution in [-0.2, 0) is 14.3 Å². The van der Waals surface area contributed by atoms with Crippen LogP contribution in [0.15, 0.2) is 60.2 Å². The molecule has 0 saturated carbocycles. The van der Waals surface area contributed by atoms with Crippen molar-refractivity contribution in [3.05, 3.63) is 71.3 Å². The molecular formula is C23H25NO5. The number of hydrogen-bond acceptors (Lipinski definition) is 5. The lowest BCUT2D eigenvalue weighted by atomic mass is 9.95. The summed E-state index contributed by atoms with van der Waals surface area (Å²) in [5, 5.41) is 11.0. The van der Waals surface area contributed by atoms with E-state index in [9.17, 15) is 14.7 Å². The molecule has 2 aromatic carbocycles. The Hall–Kier alpha value is -3.12. The van der Waals surface area contributed by atoms with Crippen LogP contribution in [-0.4, -0.2) is 48.6 Å². The number of amides is 1. The predicted molar refractivity (Wildman–Crippen MR) is 110 cm³/mol. The van der Waals surface area contributed by atoms with Gasteiger partial charge in [0.05, 0.1) is 18.7 Å². The normalized spacial score (nSPS) is 18.3. The topological polar surface area (TPSA) is 76.1 Å². The molecule has 0 spiro atoms. The smallest absolute Gasteiger partial charge is 0.295 e. The Balaban J connectivity index is 2.05. The molecule has 2 aromatic rings. The van der Waals surface area contributed by atoms with Crippen LogP contribution in [0.3, 0.4) is 0 Å². The molecule has 1 fully saturated rings. The molecule has 1 amide bonds. The number of methoxy groups -OCH3 is 1. The summed E-state index contributed by atoms with van der Waals surface area (Å²) in [6.07, 6.45) is 0.601. The summed E-state index contributed by atoms with van der Waals surface area (Å²) in [6.45, 7) is 3.36. The largest absolute Gasteiger partial charge is 0.507 e. The number of hydrogen-bond donors (Lipinski definition) is 1. The second-order valence-electron chi connectivity index (χ2n) is 6.69. The molecule has 1 N–H and O–H groups in total. The molecule has 1 saturated heterocycles. The van der Waals surface area contributed by atoms with Gasteiger partial charge in [-0.25, -0.2) is 0 Å². The van der Waals surface area contributed by atoms with E-state index in [1.807, 2.05) is 37.3 Å². The molecule has 152 valence electrons. The quantitative estimate of drug-likeness (QED) is 0.320. The number of ketones is 1. The fraction of sp³-hybridized carbons (Fsp3) is 0.304. The van der Waals surface area contributed by atoms with Crippen molar-refractivity contribution < 1.29 is 24.2 Å². The molecule has 3 rings (SSSR count). The van der Waals surface area contributed by atoms with Gasteiger partial charge in [-0.3, -0.25) is 9.59 Å². The van der Waals surface area contributed by atoms with Crippen LogP contribution in [0.2, 0.25) is 0 Å². The van der Waals surface area contributed by atoms with Crippen molar-refractivity contribution >= 4 is 17.4 Å². The molecule has 0 aliphatic carbocycles. The number of aliphatic hydroxyl groups is 1. The van der Waals surface area contributed by atoms with Crippen LogP contribution >= 0.6 is 0 Å². The van der Waals surface area contributed by atoms with Crippen molar-refractivity contribution in [2.75, 3.05) is 26.9 Å². The number of benzene rings is 2. The summed E-state index contributed by atoms with van der Waals surface area (Å²) >= 11 is 0. The number of likely N-dealkylation sites (tertiary alicyclic amines) is 1. The Morgan fingerprint density at radius 3 is 2.55 bits per heavy atom. The first-order valence-electron chi connectivity index (χ1n) is 9.64. The van der Waals surface area contributed by atoms with Crippen LogP contribution < -0.4 is 4.74 Å². The lowest BCUT2D eigenvalue weighted by molar-refractivity contribution is -0.140. The summed E-state index contributed by atoms with van der Waals surface area (Å²) in [5.74, 6) is -0.949. The van der Waals surface area contributed by atoms with Gasteiger partial charge < -0.3 is 19.5 Å². The number of rotatable bonds is 8. The summed E-state index contributed by atoms with van der Waals surface area (Å²) in [5.41, 5.74) is 1.29. The highest BCUT2D eigenvalue weighted by atomic mass is 16.5. The van der Waals surface area contributed by atoms with E-state index in [1.165, 1.54) is 12.0 Å². The zero-order valence-electron chi connectivity index (χ0n) is 16.6. The SMILES string of the molecule is CCOCCCN1C(=O)C(=O)/C(=C(/O)c2cccc(OC)c2)C1c1ccccc1. The average Bonchev–Trinajstić information content (AvgIpc) is 3.01. The Morgan fingerprint density at radius 2 is 1.86 bits per heavy atom. The number of carbonyl (C=O) groups excluding carboxylic acids is 2. The van der Waals surface area contributed by atoms with Gasteiger partial charge in [-0.15, -0.1) is 0 Å². The van der Waals surface area contributed by atoms with E-state index in [0.717, 1.165) is 5.56 Å². The molecule has 0 aromatic heterocycles. The van der Waals surface area contributed by atoms with Gasteiger partial charge in [0, 0.05) is 25.3 Å². The van der Waals surface area contributed by atoms with E-state index in [4.69, 9.17) is 9.47 Å². The number of ether oxygens (including phenoxy) is 2. The summed E-state index contributed by atoms with van der Waals surface area (Å²) in [7, 11) is 1.53. The molecule has 1 aliphatic heterocycles. The van der Waals surface area contributed by atoms with E-state index >= 15 is 0 Å². The monoisotopic (exact) mass is 395 g/mol. The van der Waals surface area contributed by atoms with Crippen molar-refractivity contribution in [3.63, 3.8) is 0 Å². The second-order valence-corrected chi connectivity index (χ2v) is 6.69. The molecule has 0 radical (unpaired) electrons. The lowest BCUT2D eigenvalue weighted by Gasteiger charge is -2.25. The van der Waals surface area contributed by atoms with E-state index < -0.39 is 17.7 Å². The average molecular weight is 395 g/mol. The third kappa shape index (κ3) is 4.32. The minimum Gasteiger partial charge on any atom is -0.507 e. The van der Waals surface area contributed by atoms with Crippen molar-refractivity contribution in [3.8, 4) is 5.75 Å². The van der Waals surface area contributed by atoms with Gasteiger partial charge in [0.1, 0.15) is 11.5 Å². The predicted octanol–water partition coefficient (Wildman–Crippen LogP) is 3.54. The third-order valence-electron chi connectivity index (χ3n) is 4.89. The van der Waals surface area contributed by atoms with Crippen LogP contribution in [0.4, 0.5) is 0 Å². The van der Waals surface area contributed by atoms with Crippen LogP contribution in [0, 0.1) is 0 Å². The standard InChI is InChI=1S/C23H25NO5/c1-3-29-14-8-13-24-20(16-9-5-4-6-10-16)19(22(26)23(24)27)21(25)17-11-7-12-18(15-17)28-2/h4-7,9-12,15,20,25H,3,8,13-14H2,1-2H3/b21-19+. The van der Waals surface area contributed by atoms with Crippen molar-refractivity contribution in [2.24, 2.45) is 0 Å². The van der Waals surface area contributed by atoms with Crippen LogP contribution in [0.25, 0.3) is 5.76 Å². The van der Waals surface area contributed by atoms with Crippen LogP contribution in [0.1, 0.15) is 30.5 Å². The number of aliphatic hydroxyl groups excluding tert-OH is 1. The van der Waals surface area contributed by atoms with Crippen molar-refractivity contribution in [1.82, 2.24) is 4.90 Å². The third-order valence-corrected chi connectivity index (χ3v) is 4.89. The molecule has 6 heteroatoms. The van der Waals surface area contributed by atoms with E-state index in [0.29, 0.717) is 37.5 Å². The molecule has 6 nitrogen and oxygen atoms in total. The Labute approximate surface area is 170 Å². The zero-order valence-corrected chi connectivity index (χ0v) is 16.6. The van der Waals surface area contributed by atoms with Gasteiger partial charge in [0.15, 0.2) is 0 Å². The minimum atomic E-state index is -0.685. The highest BCUT2D eigenvalue weighted by molar-refractivity contribution is 6.46. The van der Waals surface area contributed by atoms with E-state index in [-0.39, 0.29) is 11.3 Å². The summed E-state index contributed by atoms with van der Waals surface area (Å²) < 4.78 is 10.6. The fourth-order valence-corrected chi connectivity index (χ4v) is 3.50. The molecule has 1 atom stereocenters. The number of carbonyl (C=O) groups is 2. The first kappa shape index (κ1) is 20.6. The Kier molecular flexibility index (Phi) is 6.67. The van der Waals surface area contributed by atoms with E-state index in [2.05, 4.69) is 0 Å². The lowest BCUT2D eigenvalue weighted by Crippen LogP contribution is -2.31.